The number of halogens is 1. The quantitative estimate of drug-likeness (QED) is 0.357. The van der Waals surface area contributed by atoms with Crippen LogP contribution in [0.1, 0.15) is 4.88 Å². The number of rotatable bonds is 7. The van der Waals surface area contributed by atoms with E-state index in [2.05, 4.69) is 35.5 Å². The molecular weight excluding hydrogens is 468 g/mol. The number of aliphatic hydroxyl groups excluding tert-OH is 1. The van der Waals surface area contributed by atoms with Crippen molar-refractivity contribution in [2.75, 3.05) is 25.0 Å². The van der Waals surface area contributed by atoms with Gasteiger partial charge in [0.05, 0.1) is 17.3 Å². The molecule has 13 heteroatoms. The number of aliphatic hydroxyl groups is 1. The summed E-state index contributed by atoms with van der Waals surface area (Å²) in [6.45, 7) is 3.09. The molecule has 0 aliphatic carbocycles. The second-order valence-corrected chi connectivity index (χ2v) is 9.20. The first-order valence-corrected chi connectivity index (χ1v) is 11.3. The van der Waals surface area contributed by atoms with E-state index in [9.17, 15) is 9.90 Å². The average Bonchev–Trinajstić information content (AvgIpc) is 3.41. The molecule has 1 amide bonds. The number of aromatic amines is 1. The number of hydrogen-bond acceptors (Lipinski definition) is 10. The van der Waals surface area contributed by atoms with Crippen LogP contribution < -0.4 is 10.1 Å². The number of carbonyl (C=O) groups excluding carboxylic acids is 1. The predicted octanol–water partition coefficient (Wildman–Crippen LogP) is 1.90. The standard InChI is InChI=1S/C20H19ClN8O3S/c1-10-5-23-20(33-10)27-18(31)14(9-29-7-11(30)8-29)32-19-12-6-24-28-16(12)25-17(26-19)15-13(21)3-2-4-22-15/h2-6,11,14,30H,7-9H2,1H3,(H,23,27,31)(H,24,25,26,28)/t14-/m0/s1. The van der Waals surface area contributed by atoms with Crippen LogP contribution in [0.15, 0.2) is 30.7 Å². The number of β-amino-alcohol motifs (C(OH)–C–C–N with tert-alkyl or cyclic N) is 1. The molecule has 4 aromatic rings. The Morgan fingerprint density at radius 2 is 2.24 bits per heavy atom. The minimum absolute atomic E-state index is 0.169. The molecule has 0 unspecified atom stereocenters. The second kappa shape index (κ2) is 8.98. The highest BCUT2D eigenvalue weighted by Gasteiger charge is 2.32. The highest BCUT2D eigenvalue weighted by atomic mass is 35.5. The number of carbonyl (C=O) groups is 1. The molecule has 1 saturated heterocycles. The second-order valence-electron chi connectivity index (χ2n) is 7.56. The molecule has 170 valence electrons. The number of pyridine rings is 1. The van der Waals surface area contributed by atoms with E-state index in [1.807, 2.05) is 11.8 Å². The summed E-state index contributed by atoms with van der Waals surface area (Å²) in [5.74, 6) is 0.0295. The van der Waals surface area contributed by atoms with Gasteiger partial charge in [-0.15, -0.1) is 11.3 Å². The lowest BCUT2D eigenvalue weighted by atomic mass is 10.1. The molecule has 5 heterocycles. The molecule has 11 nitrogen and oxygen atoms in total. The van der Waals surface area contributed by atoms with Crippen LogP contribution >= 0.6 is 22.9 Å². The third kappa shape index (κ3) is 4.64. The number of hydrogen-bond donors (Lipinski definition) is 3. The number of amides is 1. The van der Waals surface area contributed by atoms with Gasteiger partial charge in [0.2, 0.25) is 5.88 Å². The molecule has 4 aromatic heterocycles. The van der Waals surface area contributed by atoms with Gasteiger partial charge in [-0.1, -0.05) is 11.6 Å². The number of nitrogens with one attached hydrogen (secondary N) is 2. The Hall–Kier alpha value is -3.19. The number of aromatic nitrogens is 6. The van der Waals surface area contributed by atoms with Crippen molar-refractivity contribution in [1.29, 1.82) is 0 Å². The molecule has 3 N–H and O–H groups in total. The van der Waals surface area contributed by atoms with Gasteiger partial charge in [-0.2, -0.15) is 10.1 Å². The predicted molar refractivity (Wildman–Crippen MR) is 122 cm³/mol. The first-order chi connectivity index (χ1) is 16.0. The van der Waals surface area contributed by atoms with Gasteiger partial charge in [0.1, 0.15) is 11.1 Å². The van der Waals surface area contributed by atoms with E-state index in [1.54, 1.807) is 24.5 Å². The summed E-state index contributed by atoms with van der Waals surface area (Å²) in [7, 11) is 0. The van der Waals surface area contributed by atoms with Crippen molar-refractivity contribution in [3.8, 4) is 17.4 Å². The SMILES string of the molecule is Cc1cnc(NC(=O)[C@H](CN2CC(O)C2)Oc2nc(-c3ncccc3Cl)nc3[nH]ncc23)s1. The van der Waals surface area contributed by atoms with Crippen LogP contribution in [0, 0.1) is 6.92 Å². The fourth-order valence-corrected chi connectivity index (χ4v) is 4.26. The van der Waals surface area contributed by atoms with E-state index in [1.165, 1.54) is 17.5 Å². The lowest BCUT2D eigenvalue weighted by Crippen LogP contribution is -2.55. The highest BCUT2D eigenvalue weighted by Crippen LogP contribution is 2.29. The van der Waals surface area contributed by atoms with E-state index < -0.39 is 12.2 Å². The topological polar surface area (TPSA) is 142 Å². The number of anilines is 1. The van der Waals surface area contributed by atoms with Crippen molar-refractivity contribution < 1.29 is 14.6 Å². The molecule has 0 radical (unpaired) electrons. The van der Waals surface area contributed by atoms with Crippen molar-refractivity contribution in [1.82, 2.24) is 35.0 Å². The summed E-state index contributed by atoms with van der Waals surface area (Å²) in [6.07, 6.45) is 3.46. The third-order valence-electron chi connectivity index (χ3n) is 5.00. The Morgan fingerprint density at radius 1 is 1.39 bits per heavy atom. The molecule has 0 spiro atoms. The summed E-state index contributed by atoms with van der Waals surface area (Å²) >= 11 is 7.65. The maximum absolute atomic E-state index is 13.1. The van der Waals surface area contributed by atoms with Crippen LogP contribution in [0.2, 0.25) is 5.02 Å². The summed E-state index contributed by atoms with van der Waals surface area (Å²) < 4.78 is 6.13. The molecule has 0 aromatic carbocycles. The molecule has 1 fully saturated rings. The Bertz CT molecular complexity index is 1310. The molecule has 1 atom stereocenters. The number of H-pyrrole nitrogens is 1. The Kier molecular flexibility index (Phi) is 5.89. The fourth-order valence-electron chi connectivity index (χ4n) is 3.39. The van der Waals surface area contributed by atoms with Gasteiger partial charge in [-0.3, -0.25) is 25.1 Å². The van der Waals surface area contributed by atoms with Gasteiger partial charge in [0, 0.05) is 36.9 Å². The van der Waals surface area contributed by atoms with Crippen LogP contribution in [-0.2, 0) is 4.79 Å². The molecule has 0 saturated carbocycles. The number of thiazole rings is 1. The van der Waals surface area contributed by atoms with E-state index in [4.69, 9.17) is 16.3 Å². The lowest BCUT2D eigenvalue weighted by Gasteiger charge is -2.37. The Morgan fingerprint density at radius 3 is 2.97 bits per heavy atom. The maximum Gasteiger partial charge on any atom is 0.268 e. The fraction of sp³-hybridized carbons (Fsp3) is 0.300. The van der Waals surface area contributed by atoms with Crippen molar-refractivity contribution in [2.45, 2.75) is 19.1 Å². The molecule has 1 aliphatic heterocycles. The van der Waals surface area contributed by atoms with Crippen molar-refractivity contribution in [3.63, 3.8) is 0 Å². The van der Waals surface area contributed by atoms with Crippen LogP contribution in [-0.4, -0.2) is 77.9 Å². The van der Waals surface area contributed by atoms with Gasteiger partial charge in [-0.05, 0) is 19.1 Å². The number of ether oxygens (including phenoxy) is 1. The smallest absolute Gasteiger partial charge is 0.268 e. The molecule has 0 bridgehead atoms. The number of aryl methyl sites for hydroxylation is 1. The molecule has 1 aliphatic rings. The van der Waals surface area contributed by atoms with Crippen LogP contribution in [0.4, 0.5) is 5.13 Å². The van der Waals surface area contributed by atoms with Gasteiger partial charge in [0.25, 0.3) is 5.91 Å². The third-order valence-corrected chi connectivity index (χ3v) is 6.14. The Balaban J connectivity index is 1.47. The normalized spacial score (nSPS) is 15.4. The van der Waals surface area contributed by atoms with E-state index in [-0.39, 0.29) is 24.2 Å². The first kappa shape index (κ1) is 21.6. The van der Waals surface area contributed by atoms with Crippen molar-refractivity contribution in [2.24, 2.45) is 0 Å². The summed E-state index contributed by atoms with van der Waals surface area (Å²) in [5.41, 5.74) is 0.802. The van der Waals surface area contributed by atoms with Gasteiger partial charge < -0.3 is 9.84 Å². The largest absolute Gasteiger partial charge is 0.462 e. The van der Waals surface area contributed by atoms with Crippen molar-refractivity contribution >= 4 is 45.0 Å². The van der Waals surface area contributed by atoms with Crippen molar-refractivity contribution in [3.05, 3.63) is 40.6 Å². The number of fused-ring (bicyclic) bond motifs is 1. The number of likely N-dealkylation sites (tertiary alicyclic amines) is 1. The van der Waals surface area contributed by atoms with Crippen LogP contribution in [0.5, 0.6) is 5.88 Å². The number of nitrogens with zero attached hydrogens (tertiary/aromatic N) is 6. The maximum atomic E-state index is 13.1. The average molecular weight is 487 g/mol. The summed E-state index contributed by atoms with van der Waals surface area (Å²) in [5, 5.41) is 20.7. The first-order valence-electron chi connectivity index (χ1n) is 10.1. The molecule has 5 rings (SSSR count). The molecule has 33 heavy (non-hydrogen) atoms. The Labute approximate surface area is 196 Å². The van der Waals surface area contributed by atoms with E-state index >= 15 is 0 Å². The highest BCUT2D eigenvalue weighted by molar-refractivity contribution is 7.15. The lowest BCUT2D eigenvalue weighted by molar-refractivity contribution is -0.125. The van der Waals surface area contributed by atoms with Gasteiger partial charge in [0.15, 0.2) is 22.7 Å². The zero-order valence-corrected chi connectivity index (χ0v) is 19.0. The zero-order valence-electron chi connectivity index (χ0n) is 17.4. The summed E-state index contributed by atoms with van der Waals surface area (Å²) in [6, 6.07) is 3.40. The minimum atomic E-state index is -0.929. The van der Waals surface area contributed by atoms with Gasteiger partial charge >= 0.3 is 0 Å². The minimum Gasteiger partial charge on any atom is -0.462 e. The monoisotopic (exact) mass is 486 g/mol. The molecular formula is C20H19ClN8O3S. The summed E-state index contributed by atoms with van der Waals surface area (Å²) in [4.78, 5) is 33.4. The van der Waals surface area contributed by atoms with Crippen LogP contribution in [0.25, 0.3) is 22.6 Å². The van der Waals surface area contributed by atoms with E-state index in [0.29, 0.717) is 40.0 Å². The van der Waals surface area contributed by atoms with E-state index in [0.717, 1.165) is 4.88 Å². The van der Waals surface area contributed by atoms with Gasteiger partial charge in [-0.25, -0.2) is 9.97 Å². The van der Waals surface area contributed by atoms with Crippen LogP contribution in [0.3, 0.4) is 0 Å². The zero-order chi connectivity index (χ0) is 22.9.